The Hall–Kier alpha value is -5.41. The first-order valence-electron chi connectivity index (χ1n) is 13.6. The summed E-state index contributed by atoms with van der Waals surface area (Å²) in [4.78, 5) is 5.08. The number of hydrogen-bond acceptors (Lipinski definition) is 1. The zero-order valence-electron chi connectivity index (χ0n) is 21.6. The van der Waals surface area contributed by atoms with Crippen LogP contribution in [-0.4, -0.2) is 14.1 Å². The summed E-state index contributed by atoms with van der Waals surface area (Å²) in [5.74, 6) is 0.913. The van der Waals surface area contributed by atoms with Gasteiger partial charge in [-0.3, -0.25) is 4.57 Å². The number of fused-ring (bicyclic) bond motifs is 8. The van der Waals surface area contributed by atoms with Gasteiger partial charge in [-0.05, 0) is 70.1 Å². The summed E-state index contributed by atoms with van der Waals surface area (Å²) in [5, 5.41) is 9.96. The minimum Gasteiger partial charge on any atom is -0.308 e. The van der Waals surface area contributed by atoms with Gasteiger partial charge in [0.1, 0.15) is 5.82 Å². The Balaban J connectivity index is 1.29. The maximum absolute atomic E-state index is 5.08. The number of nitrogens with zero attached hydrogens (tertiary/aromatic N) is 3. The third-order valence-electron chi connectivity index (χ3n) is 8.30. The molecule has 0 radical (unpaired) electrons. The zero-order chi connectivity index (χ0) is 26.2. The summed E-state index contributed by atoms with van der Waals surface area (Å²) in [7, 11) is 0. The van der Waals surface area contributed by atoms with Crippen LogP contribution in [0.1, 0.15) is 0 Å². The summed E-state index contributed by atoms with van der Waals surface area (Å²) in [6, 6.07) is 48.0. The minimum atomic E-state index is 0.913. The Morgan fingerprint density at radius 3 is 1.40 bits per heavy atom. The lowest BCUT2D eigenvalue weighted by Crippen LogP contribution is -2.00. The second kappa shape index (κ2) is 8.05. The third kappa shape index (κ3) is 2.97. The van der Waals surface area contributed by atoms with Crippen LogP contribution in [-0.2, 0) is 0 Å². The van der Waals surface area contributed by atoms with Crippen LogP contribution in [0.2, 0.25) is 0 Å². The minimum absolute atomic E-state index is 0.913. The van der Waals surface area contributed by atoms with Crippen molar-refractivity contribution in [2.45, 2.75) is 0 Å². The van der Waals surface area contributed by atoms with Crippen LogP contribution in [0.3, 0.4) is 0 Å². The largest absolute Gasteiger partial charge is 0.308 e. The van der Waals surface area contributed by atoms with Crippen LogP contribution >= 0.6 is 0 Å². The molecule has 6 aromatic carbocycles. The Labute approximate surface area is 230 Å². The van der Waals surface area contributed by atoms with Gasteiger partial charge in [-0.25, -0.2) is 4.98 Å². The smallest absolute Gasteiger partial charge is 0.137 e. The van der Waals surface area contributed by atoms with Gasteiger partial charge in [0.15, 0.2) is 0 Å². The molecule has 0 N–H and O–H groups in total. The van der Waals surface area contributed by atoms with E-state index in [0.29, 0.717) is 0 Å². The molecule has 0 aliphatic carbocycles. The van der Waals surface area contributed by atoms with Gasteiger partial charge in [-0.2, -0.15) is 0 Å². The average Bonchev–Trinajstić information content (AvgIpc) is 3.51. The normalized spacial score (nSPS) is 12.0. The van der Waals surface area contributed by atoms with Gasteiger partial charge < -0.3 is 4.57 Å². The number of benzene rings is 6. The lowest BCUT2D eigenvalue weighted by atomic mass is 10.1. The highest BCUT2D eigenvalue weighted by atomic mass is 15.1. The lowest BCUT2D eigenvalue weighted by molar-refractivity contribution is 1.05. The van der Waals surface area contributed by atoms with Crippen molar-refractivity contribution < 1.29 is 0 Å². The topological polar surface area (TPSA) is 22.8 Å². The number of para-hydroxylation sites is 2. The number of hydrogen-bond donors (Lipinski definition) is 0. The molecule has 186 valence electrons. The van der Waals surface area contributed by atoms with E-state index in [-0.39, 0.29) is 0 Å². The highest BCUT2D eigenvalue weighted by Crippen LogP contribution is 2.36. The van der Waals surface area contributed by atoms with Crippen LogP contribution in [0.25, 0.3) is 76.7 Å². The molecule has 0 aliphatic heterocycles. The molecule has 0 unspecified atom stereocenters. The number of aromatic nitrogens is 3. The monoisotopic (exact) mass is 509 g/mol. The molecule has 9 rings (SSSR count). The highest BCUT2D eigenvalue weighted by molar-refractivity contribution is 6.14. The first kappa shape index (κ1) is 21.5. The molecule has 0 fully saturated rings. The Kier molecular flexibility index (Phi) is 4.33. The molecule has 0 saturated carbocycles. The highest BCUT2D eigenvalue weighted by Gasteiger charge is 2.16. The van der Waals surface area contributed by atoms with Crippen molar-refractivity contribution in [3.8, 4) is 11.5 Å². The van der Waals surface area contributed by atoms with Gasteiger partial charge in [0, 0.05) is 21.5 Å². The average molecular weight is 510 g/mol. The Morgan fingerprint density at radius 1 is 0.375 bits per heavy atom. The van der Waals surface area contributed by atoms with Crippen LogP contribution in [0.4, 0.5) is 0 Å². The van der Waals surface area contributed by atoms with Crippen molar-refractivity contribution in [3.63, 3.8) is 0 Å². The summed E-state index contributed by atoms with van der Waals surface area (Å²) in [6.45, 7) is 0. The molecular formula is C37H23N3. The van der Waals surface area contributed by atoms with E-state index in [1.807, 2.05) is 6.20 Å². The molecule has 3 heteroatoms. The van der Waals surface area contributed by atoms with E-state index < -0.39 is 0 Å². The molecule has 0 aliphatic rings. The SMILES string of the molecule is c1ccc2cc3c(cc2c1)c1ccccc1n3-c1ccc(-n2c3ccccc3c3cc4ccccc4cc32)nc1. The summed E-state index contributed by atoms with van der Waals surface area (Å²) < 4.78 is 4.63. The predicted octanol–water partition coefficient (Wildman–Crippen LogP) is 9.58. The molecule has 0 atom stereocenters. The molecule has 3 nitrogen and oxygen atoms in total. The molecule has 3 aromatic heterocycles. The first-order chi connectivity index (χ1) is 19.8. The Morgan fingerprint density at radius 2 is 0.850 bits per heavy atom. The van der Waals surface area contributed by atoms with E-state index in [2.05, 4.69) is 143 Å². The standard InChI is InChI=1S/C37H23N3/c1-3-11-26-21-35-31(19-24(26)9-1)29-13-5-7-15-33(29)39(35)28-17-18-37(38-23-28)40-34-16-8-6-14-30(34)32-20-25-10-2-4-12-27(25)22-36(32)40/h1-23H. The van der Waals surface area contributed by atoms with E-state index in [1.54, 1.807) is 0 Å². The van der Waals surface area contributed by atoms with Gasteiger partial charge in [-0.1, -0.05) is 84.9 Å². The van der Waals surface area contributed by atoms with Gasteiger partial charge >= 0.3 is 0 Å². The van der Waals surface area contributed by atoms with Crippen molar-refractivity contribution >= 4 is 65.2 Å². The van der Waals surface area contributed by atoms with E-state index in [4.69, 9.17) is 4.98 Å². The first-order valence-corrected chi connectivity index (χ1v) is 13.6. The fourth-order valence-electron chi connectivity index (χ4n) is 6.48. The van der Waals surface area contributed by atoms with Crippen LogP contribution in [0.5, 0.6) is 0 Å². The van der Waals surface area contributed by atoms with Crippen LogP contribution < -0.4 is 0 Å². The van der Waals surface area contributed by atoms with Crippen molar-refractivity contribution in [1.82, 2.24) is 14.1 Å². The maximum atomic E-state index is 5.08. The van der Waals surface area contributed by atoms with Crippen LogP contribution in [0.15, 0.2) is 140 Å². The molecule has 0 spiro atoms. The molecule has 40 heavy (non-hydrogen) atoms. The van der Waals surface area contributed by atoms with Gasteiger partial charge in [0.05, 0.1) is 34.0 Å². The summed E-state index contributed by atoms with van der Waals surface area (Å²) >= 11 is 0. The Bertz CT molecular complexity index is 2250. The van der Waals surface area contributed by atoms with E-state index in [9.17, 15) is 0 Å². The summed E-state index contributed by atoms with van der Waals surface area (Å²) in [6.07, 6.45) is 2.01. The molecule has 0 amide bonds. The van der Waals surface area contributed by atoms with E-state index >= 15 is 0 Å². The zero-order valence-corrected chi connectivity index (χ0v) is 21.6. The van der Waals surface area contributed by atoms with Crippen LogP contribution in [0, 0.1) is 0 Å². The summed E-state index contributed by atoms with van der Waals surface area (Å²) in [5.41, 5.74) is 5.76. The van der Waals surface area contributed by atoms with Gasteiger partial charge in [0.2, 0.25) is 0 Å². The van der Waals surface area contributed by atoms with Gasteiger partial charge in [0.25, 0.3) is 0 Å². The fourth-order valence-corrected chi connectivity index (χ4v) is 6.48. The van der Waals surface area contributed by atoms with Crippen molar-refractivity contribution in [2.24, 2.45) is 0 Å². The number of rotatable bonds is 2. The molecule has 0 bridgehead atoms. The second-order valence-electron chi connectivity index (χ2n) is 10.5. The fraction of sp³-hybridized carbons (Fsp3) is 0. The molecular weight excluding hydrogens is 486 g/mol. The predicted molar refractivity (Wildman–Crippen MR) is 168 cm³/mol. The molecule has 9 aromatic rings. The van der Waals surface area contributed by atoms with Crippen molar-refractivity contribution in [1.29, 1.82) is 0 Å². The third-order valence-corrected chi connectivity index (χ3v) is 8.30. The number of pyridine rings is 1. The molecule has 0 saturated heterocycles. The second-order valence-corrected chi connectivity index (χ2v) is 10.5. The quantitative estimate of drug-likeness (QED) is 0.227. The maximum Gasteiger partial charge on any atom is 0.137 e. The molecule has 3 heterocycles. The van der Waals surface area contributed by atoms with E-state index in [0.717, 1.165) is 17.0 Å². The van der Waals surface area contributed by atoms with Crippen molar-refractivity contribution in [2.75, 3.05) is 0 Å². The lowest BCUT2D eigenvalue weighted by Gasteiger charge is -2.11. The van der Waals surface area contributed by atoms with E-state index in [1.165, 1.54) is 59.6 Å². The van der Waals surface area contributed by atoms with Crippen molar-refractivity contribution in [3.05, 3.63) is 140 Å². The van der Waals surface area contributed by atoms with Gasteiger partial charge in [-0.15, -0.1) is 0 Å².